The maximum atomic E-state index is 5.91. The Morgan fingerprint density at radius 1 is 1.10 bits per heavy atom. The molecule has 0 aliphatic heterocycles. The van der Waals surface area contributed by atoms with Gasteiger partial charge in [0, 0.05) is 17.0 Å². The zero-order chi connectivity index (χ0) is 15.0. The van der Waals surface area contributed by atoms with Gasteiger partial charge in [0.25, 0.3) is 0 Å². The van der Waals surface area contributed by atoms with E-state index >= 15 is 0 Å². The summed E-state index contributed by atoms with van der Waals surface area (Å²) in [5.41, 5.74) is 2.98. The van der Waals surface area contributed by atoms with Gasteiger partial charge in [-0.15, -0.1) is 0 Å². The van der Waals surface area contributed by atoms with Gasteiger partial charge in [-0.3, -0.25) is 0 Å². The lowest BCUT2D eigenvalue weighted by molar-refractivity contribution is 0.386. The van der Waals surface area contributed by atoms with Crippen molar-refractivity contribution in [2.75, 3.05) is 0 Å². The fourth-order valence-corrected chi connectivity index (χ4v) is 2.86. The Labute approximate surface area is 124 Å². The first-order valence-corrected chi connectivity index (χ1v) is 7.23. The molecule has 1 N–H and O–H groups in total. The molecule has 0 amide bonds. The Hall–Kier alpha value is -2.07. The normalized spacial score (nSPS) is 14.5. The molecule has 0 bridgehead atoms. The molecule has 0 fully saturated rings. The second kappa shape index (κ2) is 5.37. The third-order valence-electron chi connectivity index (χ3n) is 3.89. The number of nitrogens with one attached hydrogen (secondary N) is 1. The average molecular weight is 284 g/mol. The predicted molar refractivity (Wildman–Crippen MR) is 82.2 cm³/mol. The summed E-state index contributed by atoms with van der Waals surface area (Å²) in [6, 6.07) is 10.4. The van der Waals surface area contributed by atoms with E-state index in [0.717, 1.165) is 33.7 Å². The number of aryl methyl sites for hydroxylation is 2. The number of nitrogens with zero attached hydrogens (tertiary/aromatic N) is 1. The smallest absolute Gasteiger partial charge is 0.138 e. The lowest BCUT2D eigenvalue weighted by Gasteiger charge is -2.18. The van der Waals surface area contributed by atoms with Gasteiger partial charge in [-0.2, -0.15) is 0 Å². The molecule has 21 heavy (non-hydrogen) atoms. The number of fused-ring (bicyclic) bond motifs is 1. The molecule has 1 aromatic carbocycles. The van der Waals surface area contributed by atoms with Crippen molar-refractivity contribution in [2.24, 2.45) is 0 Å². The van der Waals surface area contributed by atoms with Gasteiger partial charge >= 0.3 is 0 Å². The van der Waals surface area contributed by atoms with E-state index in [0.29, 0.717) is 0 Å². The molecular formula is C17H20N2O2. The molecule has 0 saturated carbocycles. The van der Waals surface area contributed by atoms with Crippen molar-refractivity contribution in [3.8, 4) is 0 Å². The highest BCUT2D eigenvalue weighted by Crippen LogP contribution is 2.27. The molecule has 0 aliphatic rings. The van der Waals surface area contributed by atoms with Crippen molar-refractivity contribution < 1.29 is 8.94 Å². The van der Waals surface area contributed by atoms with Gasteiger partial charge in [0.1, 0.15) is 17.1 Å². The van der Waals surface area contributed by atoms with Crippen molar-refractivity contribution >= 4 is 11.0 Å². The number of benzene rings is 1. The Kier molecular flexibility index (Phi) is 3.55. The molecule has 0 spiro atoms. The molecule has 2 aromatic heterocycles. The molecule has 110 valence electrons. The zero-order valence-electron chi connectivity index (χ0n) is 12.8. The quantitative estimate of drug-likeness (QED) is 0.769. The van der Waals surface area contributed by atoms with E-state index < -0.39 is 0 Å². The second-order valence-electron chi connectivity index (χ2n) is 5.53. The highest BCUT2D eigenvalue weighted by Gasteiger charge is 2.20. The number of hydrogen-bond acceptors (Lipinski definition) is 4. The standard InChI is InChI=1S/C17H20N2O2/c1-10(16-9-14-7-5-6-8-15(14)20-16)18-11(2)17-12(3)19-21-13(17)4/h5-11,18H,1-4H3. The lowest BCUT2D eigenvalue weighted by atomic mass is 10.1. The Bertz CT molecular complexity index is 705. The fourth-order valence-electron chi connectivity index (χ4n) is 2.86. The molecule has 3 aromatic rings. The minimum Gasteiger partial charge on any atom is -0.459 e. The average Bonchev–Trinajstić information content (AvgIpc) is 3.02. The van der Waals surface area contributed by atoms with Crippen LogP contribution in [0.1, 0.15) is 48.7 Å². The molecule has 2 atom stereocenters. The third kappa shape index (κ3) is 2.59. The summed E-state index contributed by atoms with van der Waals surface area (Å²) in [5, 5.41) is 8.69. The van der Waals surface area contributed by atoms with Crippen LogP contribution >= 0.6 is 0 Å². The topological polar surface area (TPSA) is 51.2 Å². The Balaban J connectivity index is 1.81. The van der Waals surface area contributed by atoms with Gasteiger partial charge in [-0.1, -0.05) is 23.4 Å². The first-order valence-electron chi connectivity index (χ1n) is 7.23. The van der Waals surface area contributed by atoms with E-state index in [4.69, 9.17) is 8.94 Å². The van der Waals surface area contributed by atoms with Crippen LogP contribution in [0.5, 0.6) is 0 Å². The van der Waals surface area contributed by atoms with E-state index in [9.17, 15) is 0 Å². The number of para-hydroxylation sites is 1. The van der Waals surface area contributed by atoms with Crippen LogP contribution in [0.3, 0.4) is 0 Å². The summed E-state index contributed by atoms with van der Waals surface area (Å²) in [6.07, 6.45) is 0. The summed E-state index contributed by atoms with van der Waals surface area (Å²) in [7, 11) is 0. The van der Waals surface area contributed by atoms with Crippen LogP contribution in [0.4, 0.5) is 0 Å². The summed E-state index contributed by atoms with van der Waals surface area (Å²) < 4.78 is 11.1. The molecule has 4 nitrogen and oxygen atoms in total. The van der Waals surface area contributed by atoms with E-state index in [1.54, 1.807) is 0 Å². The van der Waals surface area contributed by atoms with Gasteiger partial charge in [-0.25, -0.2) is 0 Å². The number of rotatable bonds is 4. The maximum absolute atomic E-state index is 5.91. The van der Waals surface area contributed by atoms with E-state index in [2.05, 4.69) is 36.5 Å². The lowest BCUT2D eigenvalue weighted by Crippen LogP contribution is -2.22. The summed E-state index contributed by atoms with van der Waals surface area (Å²) in [4.78, 5) is 0. The van der Waals surface area contributed by atoms with Crippen molar-refractivity contribution in [1.82, 2.24) is 10.5 Å². The van der Waals surface area contributed by atoms with E-state index in [1.165, 1.54) is 0 Å². The van der Waals surface area contributed by atoms with Crippen molar-refractivity contribution in [1.29, 1.82) is 0 Å². The van der Waals surface area contributed by atoms with Gasteiger partial charge in [-0.05, 0) is 39.8 Å². The SMILES string of the molecule is Cc1noc(C)c1C(C)NC(C)c1cc2ccccc2o1. The monoisotopic (exact) mass is 284 g/mol. The molecule has 2 heterocycles. The highest BCUT2D eigenvalue weighted by atomic mass is 16.5. The van der Waals surface area contributed by atoms with Crippen LogP contribution in [-0.4, -0.2) is 5.16 Å². The first kappa shape index (κ1) is 13.9. The minimum atomic E-state index is 0.112. The number of aromatic nitrogens is 1. The zero-order valence-corrected chi connectivity index (χ0v) is 12.8. The van der Waals surface area contributed by atoms with Gasteiger partial charge < -0.3 is 14.3 Å². The minimum absolute atomic E-state index is 0.112. The van der Waals surface area contributed by atoms with Gasteiger partial charge in [0.2, 0.25) is 0 Å². The highest BCUT2D eigenvalue weighted by molar-refractivity contribution is 5.77. The fraction of sp³-hybridized carbons (Fsp3) is 0.353. The van der Waals surface area contributed by atoms with Gasteiger partial charge in [0.15, 0.2) is 0 Å². The predicted octanol–water partition coefficient (Wildman–Crippen LogP) is 4.45. The molecule has 4 heteroatoms. The van der Waals surface area contributed by atoms with Gasteiger partial charge in [0.05, 0.1) is 11.7 Å². The van der Waals surface area contributed by atoms with E-state index in [1.807, 2.05) is 32.0 Å². The summed E-state index contributed by atoms with van der Waals surface area (Å²) in [5.74, 6) is 1.80. The van der Waals surface area contributed by atoms with Crippen LogP contribution in [0.25, 0.3) is 11.0 Å². The van der Waals surface area contributed by atoms with Crippen LogP contribution in [-0.2, 0) is 0 Å². The van der Waals surface area contributed by atoms with Crippen LogP contribution in [0, 0.1) is 13.8 Å². The summed E-state index contributed by atoms with van der Waals surface area (Å²) in [6.45, 7) is 8.13. The Morgan fingerprint density at radius 2 is 1.86 bits per heavy atom. The maximum Gasteiger partial charge on any atom is 0.138 e. The van der Waals surface area contributed by atoms with Crippen LogP contribution in [0.2, 0.25) is 0 Å². The molecule has 0 aliphatic carbocycles. The Morgan fingerprint density at radius 3 is 2.52 bits per heavy atom. The number of hydrogen-bond donors (Lipinski definition) is 1. The van der Waals surface area contributed by atoms with Crippen molar-refractivity contribution in [2.45, 2.75) is 39.8 Å². The third-order valence-corrected chi connectivity index (χ3v) is 3.89. The largest absolute Gasteiger partial charge is 0.459 e. The van der Waals surface area contributed by atoms with E-state index in [-0.39, 0.29) is 12.1 Å². The first-order chi connectivity index (χ1) is 10.1. The number of furan rings is 1. The van der Waals surface area contributed by atoms with Crippen molar-refractivity contribution in [3.63, 3.8) is 0 Å². The second-order valence-corrected chi connectivity index (χ2v) is 5.53. The molecule has 3 rings (SSSR count). The molecule has 2 unspecified atom stereocenters. The van der Waals surface area contributed by atoms with Crippen LogP contribution in [0.15, 0.2) is 39.3 Å². The molecular weight excluding hydrogens is 264 g/mol. The summed E-state index contributed by atoms with van der Waals surface area (Å²) >= 11 is 0. The van der Waals surface area contributed by atoms with Crippen LogP contribution < -0.4 is 5.32 Å². The molecule has 0 saturated heterocycles. The van der Waals surface area contributed by atoms with Crippen molar-refractivity contribution in [3.05, 3.63) is 53.1 Å². The molecule has 0 radical (unpaired) electrons.